The van der Waals surface area contributed by atoms with Crippen LogP contribution in [0.3, 0.4) is 0 Å². The van der Waals surface area contributed by atoms with Crippen molar-refractivity contribution in [2.75, 3.05) is 10.6 Å². The lowest BCUT2D eigenvalue weighted by atomic mass is 9.98. The molecule has 3 aromatic rings. The lowest BCUT2D eigenvalue weighted by molar-refractivity contribution is -0.137. The van der Waals surface area contributed by atoms with Gasteiger partial charge in [0.05, 0.1) is 12.2 Å². The molecule has 6 nitrogen and oxygen atoms in total. The van der Waals surface area contributed by atoms with Gasteiger partial charge in [-0.25, -0.2) is 4.98 Å². The van der Waals surface area contributed by atoms with Crippen LogP contribution in [0.25, 0.3) is 0 Å². The molecule has 192 valence electrons. The van der Waals surface area contributed by atoms with Crippen molar-refractivity contribution in [2.24, 2.45) is 0 Å². The molecule has 1 unspecified atom stereocenters. The minimum absolute atomic E-state index is 0.0446. The molecular weight excluding hydrogens is 469 g/mol. The predicted octanol–water partition coefficient (Wildman–Crippen LogP) is 7.87. The van der Waals surface area contributed by atoms with E-state index in [1.165, 1.54) is 19.3 Å². The number of ether oxygens (including phenoxy) is 2. The standard InChI is InChI=1S/C27H31F3N4O2/c1-3-18(2)35-22-13-9-19(10-14-22)32-25-24(27(28,29)30)17-31-26(34-25)33-20-11-15-23(16-12-20)36-21-7-5-4-6-8-21/h9-18,21H,3-8H2,1-2H3,(H2,31,32,33,34). The van der Waals surface area contributed by atoms with E-state index in [9.17, 15) is 13.2 Å². The Labute approximate surface area is 209 Å². The van der Waals surface area contributed by atoms with Gasteiger partial charge in [-0.15, -0.1) is 0 Å². The molecule has 1 aromatic heterocycles. The Kier molecular flexibility index (Phi) is 8.18. The highest BCUT2D eigenvalue weighted by molar-refractivity contribution is 5.63. The van der Waals surface area contributed by atoms with Gasteiger partial charge in [0.1, 0.15) is 22.9 Å². The van der Waals surface area contributed by atoms with E-state index < -0.39 is 11.7 Å². The minimum atomic E-state index is -4.61. The molecule has 0 spiro atoms. The lowest BCUT2D eigenvalue weighted by Gasteiger charge is -2.23. The number of nitrogens with one attached hydrogen (secondary N) is 2. The van der Waals surface area contributed by atoms with Crippen LogP contribution in [0.15, 0.2) is 54.7 Å². The van der Waals surface area contributed by atoms with Crippen LogP contribution >= 0.6 is 0 Å². The van der Waals surface area contributed by atoms with E-state index in [1.54, 1.807) is 36.4 Å². The molecule has 0 amide bonds. The van der Waals surface area contributed by atoms with Crippen LogP contribution in [-0.2, 0) is 6.18 Å². The first-order valence-electron chi connectivity index (χ1n) is 12.3. The van der Waals surface area contributed by atoms with Crippen LogP contribution in [-0.4, -0.2) is 22.2 Å². The van der Waals surface area contributed by atoms with Gasteiger partial charge in [-0.05, 0) is 87.6 Å². The first kappa shape index (κ1) is 25.6. The minimum Gasteiger partial charge on any atom is -0.491 e. The van der Waals surface area contributed by atoms with Crippen LogP contribution in [0.4, 0.5) is 36.3 Å². The zero-order valence-electron chi connectivity index (χ0n) is 20.4. The molecule has 9 heteroatoms. The average molecular weight is 501 g/mol. The molecule has 2 aromatic carbocycles. The Hall–Kier alpha value is -3.49. The highest BCUT2D eigenvalue weighted by atomic mass is 19.4. The fourth-order valence-electron chi connectivity index (χ4n) is 3.94. The van der Waals surface area contributed by atoms with Crippen molar-refractivity contribution in [1.82, 2.24) is 9.97 Å². The van der Waals surface area contributed by atoms with E-state index in [0.29, 0.717) is 17.1 Å². The Morgan fingerprint density at radius 3 is 2.14 bits per heavy atom. The van der Waals surface area contributed by atoms with Crippen molar-refractivity contribution in [3.63, 3.8) is 0 Å². The number of halogens is 3. The third-order valence-electron chi connectivity index (χ3n) is 6.09. The smallest absolute Gasteiger partial charge is 0.421 e. The van der Waals surface area contributed by atoms with Gasteiger partial charge in [0, 0.05) is 17.6 Å². The lowest BCUT2D eigenvalue weighted by Crippen LogP contribution is -2.19. The van der Waals surface area contributed by atoms with Gasteiger partial charge >= 0.3 is 6.18 Å². The van der Waals surface area contributed by atoms with Crippen LogP contribution in [0.1, 0.15) is 57.9 Å². The van der Waals surface area contributed by atoms with Crippen LogP contribution < -0.4 is 20.1 Å². The molecule has 4 rings (SSSR count). The second-order valence-electron chi connectivity index (χ2n) is 8.97. The summed E-state index contributed by atoms with van der Waals surface area (Å²) in [5.74, 6) is 1.12. The number of benzene rings is 2. The fraction of sp³-hybridized carbons (Fsp3) is 0.407. The summed E-state index contributed by atoms with van der Waals surface area (Å²) < 4.78 is 52.6. The molecule has 1 aliphatic carbocycles. The molecular formula is C27H31F3N4O2. The molecule has 2 N–H and O–H groups in total. The third-order valence-corrected chi connectivity index (χ3v) is 6.09. The largest absolute Gasteiger partial charge is 0.491 e. The fourth-order valence-corrected chi connectivity index (χ4v) is 3.94. The SMILES string of the molecule is CCC(C)Oc1ccc(Nc2nc(Nc3ccc(OC4CCCCC4)cc3)ncc2C(F)(F)F)cc1. The van der Waals surface area contributed by atoms with Crippen LogP contribution in [0, 0.1) is 0 Å². The number of nitrogens with zero attached hydrogens (tertiary/aromatic N) is 2. The molecule has 1 atom stereocenters. The van der Waals surface area contributed by atoms with E-state index in [-0.39, 0.29) is 24.0 Å². The van der Waals surface area contributed by atoms with Crippen molar-refractivity contribution in [3.05, 3.63) is 60.3 Å². The predicted molar refractivity (Wildman–Crippen MR) is 134 cm³/mol. The zero-order valence-corrected chi connectivity index (χ0v) is 20.4. The number of rotatable bonds is 9. The maximum atomic E-state index is 13.6. The van der Waals surface area contributed by atoms with Gasteiger partial charge in [-0.2, -0.15) is 18.2 Å². The first-order valence-corrected chi connectivity index (χ1v) is 12.3. The molecule has 0 aliphatic heterocycles. The summed E-state index contributed by atoms with van der Waals surface area (Å²) in [6.45, 7) is 3.97. The second-order valence-corrected chi connectivity index (χ2v) is 8.97. The van der Waals surface area contributed by atoms with Crippen molar-refractivity contribution in [2.45, 2.75) is 70.8 Å². The summed E-state index contributed by atoms with van der Waals surface area (Å²) in [6.07, 6.45) is 3.03. The zero-order chi connectivity index (χ0) is 25.5. The highest BCUT2D eigenvalue weighted by Gasteiger charge is 2.35. The summed E-state index contributed by atoms with van der Waals surface area (Å²) in [5, 5.41) is 5.74. The van der Waals surface area contributed by atoms with Gasteiger partial charge in [-0.1, -0.05) is 13.3 Å². The van der Waals surface area contributed by atoms with Gasteiger partial charge in [0.2, 0.25) is 5.95 Å². The highest BCUT2D eigenvalue weighted by Crippen LogP contribution is 2.35. The van der Waals surface area contributed by atoms with E-state index in [0.717, 1.165) is 31.2 Å². The Morgan fingerprint density at radius 1 is 0.917 bits per heavy atom. The van der Waals surface area contributed by atoms with E-state index in [2.05, 4.69) is 20.6 Å². The monoisotopic (exact) mass is 500 g/mol. The van der Waals surface area contributed by atoms with E-state index in [1.807, 2.05) is 26.0 Å². The van der Waals surface area contributed by atoms with E-state index >= 15 is 0 Å². The van der Waals surface area contributed by atoms with Gasteiger partial charge in [-0.3, -0.25) is 0 Å². The summed E-state index contributed by atoms with van der Waals surface area (Å²) in [6, 6.07) is 14.0. The molecule has 0 bridgehead atoms. The number of anilines is 4. The van der Waals surface area contributed by atoms with Crippen molar-refractivity contribution < 1.29 is 22.6 Å². The maximum Gasteiger partial charge on any atom is 0.421 e. The third kappa shape index (κ3) is 7.02. The molecule has 1 heterocycles. The number of hydrogen-bond acceptors (Lipinski definition) is 6. The summed E-state index contributed by atoms with van der Waals surface area (Å²) in [7, 11) is 0. The van der Waals surface area contributed by atoms with Crippen LogP contribution in [0.2, 0.25) is 0 Å². The quantitative estimate of drug-likeness (QED) is 0.312. The number of hydrogen-bond donors (Lipinski definition) is 2. The molecule has 36 heavy (non-hydrogen) atoms. The first-order chi connectivity index (χ1) is 17.3. The topological polar surface area (TPSA) is 68.3 Å². The van der Waals surface area contributed by atoms with Crippen molar-refractivity contribution >= 4 is 23.1 Å². The Balaban J connectivity index is 1.47. The van der Waals surface area contributed by atoms with Crippen LogP contribution in [0.5, 0.6) is 11.5 Å². The Morgan fingerprint density at radius 2 is 1.53 bits per heavy atom. The normalized spacial score (nSPS) is 15.2. The molecule has 1 aliphatic rings. The molecule has 0 saturated heterocycles. The summed E-state index contributed by atoms with van der Waals surface area (Å²) in [4.78, 5) is 8.00. The Bertz CT molecular complexity index is 1120. The van der Waals surface area contributed by atoms with Gasteiger partial charge in [0.25, 0.3) is 0 Å². The van der Waals surface area contributed by atoms with Gasteiger partial charge < -0.3 is 20.1 Å². The maximum absolute atomic E-state index is 13.6. The average Bonchev–Trinajstić information content (AvgIpc) is 2.86. The summed E-state index contributed by atoms with van der Waals surface area (Å²) >= 11 is 0. The van der Waals surface area contributed by atoms with Crippen molar-refractivity contribution in [1.29, 1.82) is 0 Å². The second kappa shape index (κ2) is 11.5. The molecule has 0 radical (unpaired) electrons. The summed E-state index contributed by atoms with van der Waals surface area (Å²) in [5.41, 5.74) is 0.137. The van der Waals surface area contributed by atoms with Crippen molar-refractivity contribution in [3.8, 4) is 11.5 Å². The van der Waals surface area contributed by atoms with Gasteiger partial charge in [0.15, 0.2) is 0 Å². The number of aromatic nitrogens is 2. The van der Waals surface area contributed by atoms with E-state index in [4.69, 9.17) is 9.47 Å². The molecule has 1 fully saturated rings. The molecule has 1 saturated carbocycles. The number of alkyl halides is 3.